The molecule has 0 saturated carbocycles. The van der Waals surface area contributed by atoms with Crippen LogP contribution in [-0.2, 0) is 27.6 Å². The van der Waals surface area contributed by atoms with E-state index >= 15 is 0 Å². The zero-order chi connectivity index (χ0) is 10.4. The van der Waals surface area contributed by atoms with Crippen LogP contribution in [-0.4, -0.2) is 15.9 Å². The van der Waals surface area contributed by atoms with Gasteiger partial charge >= 0.3 is 5.97 Å². The molecule has 0 aliphatic rings. The van der Waals surface area contributed by atoms with Crippen molar-refractivity contribution in [3.63, 3.8) is 0 Å². The number of carbonyl (C=O) groups is 1. The molecule has 1 aromatic heterocycles. The molecule has 1 heterocycles. The van der Waals surface area contributed by atoms with Crippen molar-refractivity contribution in [2.45, 2.75) is 20.1 Å². The summed E-state index contributed by atoms with van der Waals surface area (Å²) in [4.78, 5) is 22.8. The molecule has 0 aliphatic heterocycles. The Morgan fingerprint density at radius 3 is 2.12 bits per heavy atom. The molecule has 8 heteroatoms. The van der Waals surface area contributed by atoms with Gasteiger partial charge in [0.25, 0.3) is 0 Å². The van der Waals surface area contributed by atoms with Crippen LogP contribution in [0.25, 0.3) is 0 Å². The second kappa shape index (κ2) is 9.29. The number of carbonyl (C=O) groups excluding carboxylic acids is 1. The number of aromatic nitrogens is 2. The van der Waals surface area contributed by atoms with Gasteiger partial charge < -0.3 is 4.74 Å². The summed E-state index contributed by atoms with van der Waals surface area (Å²) < 4.78 is 4.73. The van der Waals surface area contributed by atoms with E-state index in [9.17, 15) is 4.79 Å². The standard InChI is InChI=1S/C8H11N3O3.2ClH/c1-6(12)13-4-7-2-11-8(3-10-7)5-14-9;;/h2-3H,4-5,9H2,1H3;2*1H. The summed E-state index contributed by atoms with van der Waals surface area (Å²) in [6.07, 6.45) is 3.03. The third-order valence-corrected chi connectivity index (χ3v) is 1.41. The molecule has 92 valence electrons. The quantitative estimate of drug-likeness (QED) is 0.642. The second-order valence-electron chi connectivity index (χ2n) is 2.59. The van der Waals surface area contributed by atoms with Crippen molar-refractivity contribution in [2.24, 2.45) is 5.90 Å². The Kier molecular flexibility index (Phi) is 10.1. The number of nitrogens with zero attached hydrogens (tertiary/aromatic N) is 2. The number of hydrogen-bond acceptors (Lipinski definition) is 6. The van der Waals surface area contributed by atoms with Crippen molar-refractivity contribution in [3.05, 3.63) is 23.8 Å². The monoisotopic (exact) mass is 269 g/mol. The van der Waals surface area contributed by atoms with Gasteiger partial charge in [0, 0.05) is 6.92 Å². The van der Waals surface area contributed by atoms with E-state index in [1.54, 1.807) is 0 Å². The third kappa shape index (κ3) is 6.52. The Morgan fingerprint density at radius 1 is 1.25 bits per heavy atom. The molecule has 0 saturated heterocycles. The highest BCUT2D eigenvalue weighted by molar-refractivity contribution is 5.85. The number of esters is 1. The van der Waals surface area contributed by atoms with Gasteiger partial charge in [-0.3, -0.25) is 19.6 Å². The van der Waals surface area contributed by atoms with E-state index in [1.807, 2.05) is 0 Å². The lowest BCUT2D eigenvalue weighted by atomic mass is 10.4. The summed E-state index contributed by atoms with van der Waals surface area (Å²) in [6, 6.07) is 0. The maximum absolute atomic E-state index is 10.5. The summed E-state index contributed by atoms with van der Waals surface area (Å²) in [5.74, 6) is 4.51. The fraction of sp³-hybridized carbons (Fsp3) is 0.375. The Morgan fingerprint density at radius 2 is 1.75 bits per heavy atom. The molecular formula is C8H13Cl2N3O3. The largest absolute Gasteiger partial charge is 0.459 e. The summed E-state index contributed by atoms with van der Waals surface area (Å²) >= 11 is 0. The molecule has 0 bridgehead atoms. The van der Waals surface area contributed by atoms with Crippen LogP contribution in [0.1, 0.15) is 18.3 Å². The Bertz CT molecular complexity index is 308. The van der Waals surface area contributed by atoms with Gasteiger partial charge in [-0.25, -0.2) is 5.90 Å². The lowest BCUT2D eigenvalue weighted by Crippen LogP contribution is -2.04. The average Bonchev–Trinajstić information content (AvgIpc) is 2.17. The lowest BCUT2D eigenvalue weighted by molar-refractivity contribution is -0.142. The summed E-state index contributed by atoms with van der Waals surface area (Å²) in [5, 5.41) is 0. The van der Waals surface area contributed by atoms with Gasteiger partial charge in [0.2, 0.25) is 0 Å². The van der Waals surface area contributed by atoms with E-state index in [0.29, 0.717) is 11.4 Å². The molecule has 0 fully saturated rings. The summed E-state index contributed by atoms with van der Waals surface area (Å²) in [6.45, 7) is 1.68. The van der Waals surface area contributed by atoms with E-state index in [4.69, 9.17) is 10.6 Å². The molecule has 6 nitrogen and oxygen atoms in total. The highest BCUT2D eigenvalue weighted by atomic mass is 35.5. The molecule has 0 amide bonds. The summed E-state index contributed by atoms with van der Waals surface area (Å²) in [7, 11) is 0. The number of rotatable bonds is 4. The molecule has 0 radical (unpaired) electrons. The molecular weight excluding hydrogens is 257 g/mol. The minimum atomic E-state index is -0.346. The molecule has 1 rings (SSSR count). The molecule has 0 atom stereocenters. The van der Waals surface area contributed by atoms with Crippen LogP contribution in [0, 0.1) is 0 Å². The predicted molar refractivity (Wildman–Crippen MR) is 61.0 cm³/mol. The van der Waals surface area contributed by atoms with Gasteiger partial charge in [-0.1, -0.05) is 0 Å². The van der Waals surface area contributed by atoms with E-state index in [2.05, 4.69) is 14.8 Å². The zero-order valence-corrected chi connectivity index (χ0v) is 10.2. The number of nitrogens with two attached hydrogens (primary N) is 1. The van der Waals surface area contributed by atoms with Crippen LogP contribution in [0.15, 0.2) is 12.4 Å². The zero-order valence-electron chi connectivity index (χ0n) is 8.58. The van der Waals surface area contributed by atoms with Gasteiger partial charge in [0.1, 0.15) is 13.2 Å². The minimum absolute atomic E-state index is 0. The van der Waals surface area contributed by atoms with Gasteiger partial charge in [-0.2, -0.15) is 0 Å². The highest BCUT2D eigenvalue weighted by Crippen LogP contribution is 1.98. The number of hydrogen-bond donors (Lipinski definition) is 1. The first-order valence-electron chi connectivity index (χ1n) is 3.97. The van der Waals surface area contributed by atoms with Crippen molar-refractivity contribution in [1.82, 2.24) is 9.97 Å². The topological polar surface area (TPSA) is 87.3 Å². The molecule has 16 heavy (non-hydrogen) atoms. The van der Waals surface area contributed by atoms with E-state index in [-0.39, 0.29) is 44.0 Å². The first kappa shape index (κ1) is 17.4. The molecule has 2 N–H and O–H groups in total. The summed E-state index contributed by atoms with van der Waals surface area (Å²) in [5.41, 5.74) is 1.21. The first-order valence-corrected chi connectivity index (χ1v) is 3.97. The van der Waals surface area contributed by atoms with E-state index in [0.717, 1.165) is 0 Å². The SMILES string of the molecule is CC(=O)OCc1cnc(CON)cn1.Cl.Cl. The first-order chi connectivity index (χ1) is 6.72. The Labute approximate surface area is 105 Å². The smallest absolute Gasteiger partial charge is 0.303 e. The van der Waals surface area contributed by atoms with Crippen LogP contribution in [0.2, 0.25) is 0 Å². The maximum atomic E-state index is 10.5. The minimum Gasteiger partial charge on any atom is -0.459 e. The second-order valence-corrected chi connectivity index (χ2v) is 2.59. The molecule has 1 aromatic rings. The van der Waals surface area contributed by atoms with Crippen LogP contribution < -0.4 is 5.90 Å². The normalized spacial score (nSPS) is 8.62. The Balaban J connectivity index is 0. The average molecular weight is 270 g/mol. The van der Waals surface area contributed by atoms with Crippen LogP contribution in [0.5, 0.6) is 0 Å². The maximum Gasteiger partial charge on any atom is 0.303 e. The number of ether oxygens (including phenoxy) is 1. The molecule has 0 aliphatic carbocycles. The van der Waals surface area contributed by atoms with Crippen molar-refractivity contribution in [3.8, 4) is 0 Å². The fourth-order valence-electron chi connectivity index (χ4n) is 0.792. The van der Waals surface area contributed by atoms with Gasteiger partial charge in [0.05, 0.1) is 23.8 Å². The van der Waals surface area contributed by atoms with Gasteiger partial charge in [-0.15, -0.1) is 24.8 Å². The van der Waals surface area contributed by atoms with E-state index in [1.165, 1.54) is 19.3 Å². The van der Waals surface area contributed by atoms with Crippen LogP contribution in [0.4, 0.5) is 0 Å². The van der Waals surface area contributed by atoms with Crippen molar-refractivity contribution in [1.29, 1.82) is 0 Å². The third-order valence-electron chi connectivity index (χ3n) is 1.41. The van der Waals surface area contributed by atoms with E-state index < -0.39 is 0 Å². The highest BCUT2D eigenvalue weighted by Gasteiger charge is 1.99. The Hall–Kier alpha value is -0.950. The molecule has 0 aromatic carbocycles. The molecule has 0 spiro atoms. The lowest BCUT2D eigenvalue weighted by Gasteiger charge is -2.01. The predicted octanol–water partition coefficient (Wildman–Crippen LogP) is 0.774. The number of halogens is 2. The van der Waals surface area contributed by atoms with Gasteiger partial charge in [0.15, 0.2) is 0 Å². The van der Waals surface area contributed by atoms with Crippen molar-refractivity contribution < 1.29 is 14.4 Å². The van der Waals surface area contributed by atoms with Crippen LogP contribution >= 0.6 is 24.8 Å². The van der Waals surface area contributed by atoms with Crippen molar-refractivity contribution >= 4 is 30.8 Å². The molecule has 0 unspecified atom stereocenters. The van der Waals surface area contributed by atoms with Gasteiger partial charge in [-0.05, 0) is 0 Å². The van der Waals surface area contributed by atoms with Crippen molar-refractivity contribution in [2.75, 3.05) is 0 Å². The van der Waals surface area contributed by atoms with Crippen LogP contribution in [0.3, 0.4) is 0 Å². The fourth-order valence-corrected chi connectivity index (χ4v) is 0.792.